The van der Waals surface area contributed by atoms with Crippen LogP contribution in [-0.4, -0.2) is 30.6 Å². The van der Waals surface area contributed by atoms with Gasteiger partial charge in [-0.3, -0.25) is 4.90 Å². The van der Waals surface area contributed by atoms with Gasteiger partial charge in [-0.25, -0.2) is 0 Å². The van der Waals surface area contributed by atoms with Gasteiger partial charge < -0.3 is 5.32 Å². The summed E-state index contributed by atoms with van der Waals surface area (Å²) in [5.74, 6) is 0.875. The smallest absolute Gasteiger partial charge is 0.0439 e. The first-order valence-corrected chi connectivity index (χ1v) is 8.25. The second-order valence-electron chi connectivity index (χ2n) is 5.77. The van der Waals surface area contributed by atoms with Crippen LogP contribution in [0.5, 0.6) is 0 Å². The van der Waals surface area contributed by atoms with E-state index in [9.17, 15) is 0 Å². The number of hydrogen-bond donors (Lipinski definition) is 1. The van der Waals surface area contributed by atoms with E-state index in [2.05, 4.69) is 34.7 Å². The summed E-state index contributed by atoms with van der Waals surface area (Å²) in [7, 11) is 0. The Morgan fingerprint density at radius 2 is 2.33 bits per heavy atom. The fraction of sp³-hybridized carbons (Fsp3) is 0.733. The molecule has 0 amide bonds. The molecule has 1 aliphatic carbocycles. The van der Waals surface area contributed by atoms with Crippen LogP contribution in [0, 0.1) is 5.92 Å². The molecule has 2 fully saturated rings. The summed E-state index contributed by atoms with van der Waals surface area (Å²) >= 11 is 1.91. The maximum Gasteiger partial charge on any atom is 0.0439 e. The van der Waals surface area contributed by atoms with E-state index in [1.807, 2.05) is 11.3 Å². The van der Waals surface area contributed by atoms with Crippen molar-refractivity contribution in [2.24, 2.45) is 5.92 Å². The monoisotopic (exact) mass is 264 g/mol. The van der Waals surface area contributed by atoms with Crippen molar-refractivity contribution < 1.29 is 0 Å². The highest BCUT2D eigenvalue weighted by atomic mass is 32.1. The molecule has 1 saturated heterocycles. The van der Waals surface area contributed by atoms with Crippen LogP contribution in [-0.2, 0) is 0 Å². The molecule has 0 aromatic carbocycles. The van der Waals surface area contributed by atoms with Gasteiger partial charge in [0.15, 0.2) is 0 Å². The number of rotatable bonds is 6. The Morgan fingerprint density at radius 3 is 3.00 bits per heavy atom. The van der Waals surface area contributed by atoms with Crippen molar-refractivity contribution >= 4 is 11.3 Å². The molecule has 2 unspecified atom stereocenters. The maximum absolute atomic E-state index is 3.69. The van der Waals surface area contributed by atoms with Crippen LogP contribution in [0.3, 0.4) is 0 Å². The molecular formula is C15H24N2S. The summed E-state index contributed by atoms with van der Waals surface area (Å²) in [4.78, 5) is 4.25. The molecule has 3 heteroatoms. The van der Waals surface area contributed by atoms with Gasteiger partial charge in [-0.05, 0) is 56.1 Å². The lowest BCUT2D eigenvalue weighted by molar-refractivity contribution is 0.233. The van der Waals surface area contributed by atoms with Crippen LogP contribution >= 0.6 is 11.3 Å². The molecule has 1 N–H and O–H groups in total. The van der Waals surface area contributed by atoms with Gasteiger partial charge in [0.05, 0.1) is 0 Å². The topological polar surface area (TPSA) is 15.3 Å². The summed E-state index contributed by atoms with van der Waals surface area (Å²) in [6, 6.07) is 6.01. The molecule has 18 heavy (non-hydrogen) atoms. The Morgan fingerprint density at radius 1 is 1.44 bits per heavy atom. The van der Waals surface area contributed by atoms with E-state index in [0.29, 0.717) is 6.04 Å². The Balaban J connectivity index is 1.53. The lowest BCUT2D eigenvalue weighted by atomic mass is 10.1. The van der Waals surface area contributed by atoms with Crippen LogP contribution in [0.1, 0.15) is 43.5 Å². The van der Waals surface area contributed by atoms with Crippen molar-refractivity contribution in [2.75, 3.05) is 19.6 Å². The number of likely N-dealkylation sites (tertiary alicyclic amines) is 1. The van der Waals surface area contributed by atoms with Gasteiger partial charge in [-0.2, -0.15) is 0 Å². The zero-order chi connectivity index (χ0) is 12.4. The standard InChI is InChI=1S/C15H24N2S/c1-2-14(15-4-3-9-18-15)17-8-7-12(11-17)10-16-13-5-6-13/h3-4,9,12-14,16H,2,5-8,10-11H2,1H3. The number of thiophene rings is 1. The predicted molar refractivity (Wildman–Crippen MR) is 78.1 cm³/mol. The minimum absolute atomic E-state index is 0.663. The normalized spacial score (nSPS) is 26.6. The molecule has 1 aromatic heterocycles. The number of nitrogens with zero attached hydrogens (tertiary/aromatic N) is 1. The van der Waals surface area contributed by atoms with Gasteiger partial charge in [0.25, 0.3) is 0 Å². The first-order chi connectivity index (χ1) is 8.86. The molecule has 0 spiro atoms. The third-order valence-corrected chi connectivity index (χ3v) is 5.26. The van der Waals surface area contributed by atoms with E-state index in [1.54, 1.807) is 4.88 Å². The SMILES string of the molecule is CCC(c1cccs1)N1CCC(CNC2CC2)C1. The predicted octanol–water partition coefficient (Wildman–Crippen LogP) is 3.27. The van der Waals surface area contributed by atoms with Crippen molar-refractivity contribution in [3.8, 4) is 0 Å². The van der Waals surface area contributed by atoms with Crippen molar-refractivity contribution in [2.45, 2.75) is 44.7 Å². The van der Waals surface area contributed by atoms with E-state index in [4.69, 9.17) is 0 Å². The number of hydrogen-bond acceptors (Lipinski definition) is 3. The van der Waals surface area contributed by atoms with Crippen molar-refractivity contribution in [1.29, 1.82) is 0 Å². The highest BCUT2D eigenvalue weighted by Gasteiger charge is 2.30. The minimum atomic E-state index is 0.663. The largest absolute Gasteiger partial charge is 0.314 e. The first-order valence-electron chi connectivity index (χ1n) is 7.37. The summed E-state index contributed by atoms with van der Waals surface area (Å²) in [6.07, 6.45) is 5.43. The zero-order valence-electron chi connectivity index (χ0n) is 11.3. The fourth-order valence-electron chi connectivity index (χ4n) is 3.05. The Labute approximate surface area is 114 Å². The van der Waals surface area contributed by atoms with Gasteiger partial charge in [-0.1, -0.05) is 13.0 Å². The Bertz CT molecular complexity index is 359. The molecule has 3 rings (SSSR count). The number of nitrogens with one attached hydrogen (secondary N) is 1. The fourth-order valence-corrected chi connectivity index (χ4v) is 4.00. The van der Waals surface area contributed by atoms with Crippen LogP contribution < -0.4 is 5.32 Å². The second kappa shape index (κ2) is 5.72. The molecule has 0 radical (unpaired) electrons. The molecule has 1 aromatic rings. The van der Waals surface area contributed by atoms with E-state index in [0.717, 1.165) is 12.0 Å². The zero-order valence-corrected chi connectivity index (χ0v) is 12.1. The summed E-state index contributed by atoms with van der Waals surface area (Å²) < 4.78 is 0. The van der Waals surface area contributed by atoms with Gasteiger partial charge in [0.1, 0.15) is 0 Å². The molecule has 2 heterocycles. The van der Waals surface area contributed by atoms with Gasteiger partial charge in [0.2, 0.25) is 0 Å². The molecule has 1 aliphatic heterocycles. The van der Waals surface area contributed by atoms with E-state index >= 15 is 0 Å². The van der Waals surface area contributed by atoms with Gasteiger partial charge in [-0.15, -0.1) is 11.3 Å². The van der Waals surface area contributed by atoms with Crippen LogP contribution in [0.15, 0.2) is 17.5 Å². The Kier molecular flexibility index (Phi) is 4.02. The minimum Gasteiger partial charge on any atom is -0.314 e. The average Bonchev–Trinajstić information content (AvgIpc) is 2.89. The second-order valence-corrected chi connectivity index (χ2v) is 6.75. The first kappa shape index (κ1) is 12.6. The third kappa shape index (κ3) is 2.95. The van der Waals surface area contributed by atoms with Crippen LogP contribution in [0.25, 0.3) is 0 Å². The van der Waals surface area contributed by atoms with E-state index in [-0.39, 0.29) is 0 Å². The van der Waals surface area contributed by atoms with Crippen LogP contribution in [0.2, 0.25) is 0 Å². The molecule has 2 atom stereocenters. The molecule has 0 bridgehead atoms. The maximum atomic E-state index is 3.69. The quantitative estimate of drug-likeness (QED) is 0.848. The molecule has 1 saturated carbocycles. The van der Waals surface area contributed by atoms with E-state index < -0.39 is 0 Å². The molecule has 2 aliphatic rings. The lowest BCUT2D eigenvalue weighted by Gasteiger charge is -2.26. The third-order valence-electron chi connectivity index (χ3n) is 4.29. The Hall–Kier alpha value is -0.380. The molecule has 100 valence electrons. The van der Waals surface area contributed by atoms with E-state index in [1.165, 1.54) is 45.3 Å². The summed E-state index contributed by atoms with van der Waals surface area (Å²) in [5, 5.41) is 5.90. The van der Waals surface area contributed by atoms with Crippen LogP contribution in [0.4, 0.5) is 0 Å². The highest BCUT2D eigenvalue weighted by Crippen LogP contribution is 2.32. The van der Waals surface area contributed by atoms with Crippen molar-refractivity contribution in [3.63, 3.8) is 0 Å². The van der Waals surface area contributed by atoms with Gasteiger partial charge in [0, 0.05) is 23.5 Å². The summed E-state index contributed by atoms with van der Waals surface area (Å²) in [6.45, 7) is 6.13. The molecule has 2 nitrogen and oxygen atoms in total. The van der Waals surface area contributed by atoms with Crippen molar-refractivity contribution in [3.05, 3.63) is 22.4 Å². The lowest BCUT2D eigenvalue weighted by Crippen LogP contribution is -2.29. The average molecular weight is 264 g/mol. The highest BCUT2D eigenvalue weighted by molar-refractivity contribution is 7.10. The van der Waals surface area contributed by atoms with Crippen molar-refractivity contribution in [1.82, 2.24) is 10.2 Å². The van der Waals surface area contributed by atoms with Gasteiger partial charge >= 0.3 is 0 Å². The molecular weight excluding hydrogens is 240 g/mol. The summed E-state index contributed by atoms with van der Waals surface area (Å²) in [5.41, 5.74) is 0.